The highest BCUT2D eigenvalue weighted by Gasteiger charge is 2.12. The molecule has 0 heterocycles. The van der Waals surface area contributed by atoms with E-state index < -0.39 is 0 Å². The summed E-state index contributed by atoms with van der Waals surface area (Å²) in [4.78, 5) is 0. The standard InChI is InChI=1S/C14H19N3O3S/c1-5-6-15-14(21)17-16-9-10-7-11(18-2)13(20-4)12(8-10)19-3/h5,7-9H,1,6H2,2-4H3,(H2,15,17,21). The van der Waals surface area contributed by atoms with Gasteiger partial charge in [0, 0.05) is 12.1 Å². The van der Waals surface area contributed by atoms with Crippen molar-refractivity contribution < 1.29 is 14.2 Å². The monoisotopic (exact) mass is 309 g/mol. The van der Waals surface area contributed by atoms with Crippen molar-refractivity contribution in [1.29, 1.82) is 0 Å². The highest BCUT2D eigenvalue weighted by atomic mass is 32.1. The fourth-order valence-corrected chi connectivity index (χ4v) is 1.68. The molecular formula is C14H19N3O3S. The SMILES string of the molecule is C=CCNC(=S)NN=Cc1cc(OC)c(OC)c(OC)c1. The van der Waals surface area contributed by atoms with Gasteiger partial charge in [0.25, 0.3) is 0 Å². The second-order valence-electron chi connectivity index (χ2n) is 3.83. The van der Waals surface area contributed by atoms with Crippen molar-refractivity contribution >= 4 is 23.5 Å². The smallest absolute Gasteiger partial charge is 0.203 e. The first-order chi connectivity index (χ1) is 10.2. The molecule has 21 heavy (non-hydrogen) atoms. The molecule has 0 saturated heterocycles. The van der Waals surface area contributed by atoms with Crippen LogP contribution in [0.3, 0.4) is 0 Å². The van der Waals surface area contributed by atoms with E-state index in [1.807, 2.05) is 0 Å². The fraction of sp³-hybridized carbons (Fsp3) is 0.286. The zero-order valence-corrected chi connectivity index (χ0v) is 13.1. The van der Waals surface area contributed by atoms with E-state index in [1.54, 1.807) is 45.8 Å². The summed E-state index contributed by atoms with van der Waals surface area (Å²) in [6, 6.07) is 3.57. The molecular weight excluding hydrogens is 290 g/mol. The number of nitrogens with one attached hydrogen (secondary N) is 2. The summed E-state index contributed by atoms with van der Waals surface area (Å²) in [5, 5.41) is 7.35. The number of methoxy groups -OCH3 is 3. The lowest BCUT2D eigenvalue weighted by atomic mass is 10.2. The topological polar surface area (TPSA) is 64.1 Å². The molecule has 6 nitrogen and oxygen atoms in total. The summed E-state index contributed by atoms with van der Waals surface area (Å²) in [5.74, 6) is 1.66. The van der Waals surface area contributed by atoms with Crippen molar-refractivity contribution in [3.05, 3.63) is 30.4 Å². The molecule has 0 amide bonds. The number of rotatable bonds is 7. The van der Waals surface area contributed by atoms with Gasteiger partial charge in [0.15, 0.2) is 16.6 Å². The van der Waals surface area contributed by atoms with Gasteiger partial charge in [-0.25, -0.2) is 0 Å². The molecule has 0 bridgehead atoms. The maximum absolute atomic E-state index is 5.26. The van der Waals surface area contributed by atoms with Crippen molar-refractivity contribution in [3.8, 4) is 17.2 Å². The molecule has 0 fully saturated rings. The van der Waals surface area contributed by atoms with Gasteiger partial charge in [-0.1, -0.05) is 6.08 Å². The third-order valence-corrected chi connectivity index (χ3v) is 2.71. The van der Waals surface area contributed by atoms with Crippen LogP contribution in [0.2, 0.25) is 0 Å². The van der Waals surface area contributed by atoms with Crippen molar-refractivity contribution in [2.75, 3.05) is 27.9 Å². The number of hydrogen-bond donors (Lipinski definition) is 2. The number of nitrogens with zero attached hydrogens (tertiary/aromatic N) is 1. The third kappa shape index (κ3) is 4.96. The summed E-state index contributed by atoms with van der Waals surface area (Å²) >= 11 is 5.02. The van der Waals surface area contributed by atoms with Crippen LogP contribution in [0.25, 0.3) is 0 Å². The minimum absolute atomic E-state index is 0.415. The molecule has 0 atom stereocenters. The van der Waals surface area contributed by atoms with E-state index in [2.05, 4.69) is 22.4 Å². The highest BCUT2D eigenvalue weighted by Crippen LogP contribution is 2.37. The van der Waals surface area contributed by atoms with Crippen LogP contribution in [0.4, 0.5) is 0 Å². The Morgan fingerprint density at radius 1 is 1.24 bits per heavy atom. The predicted molar refractivity (Wildman–Crippen MR) is 87.6 cm³/mol. The van der Waals surface area contributed by atoms with Crippen molar-refractivity contribution in [2.45, 2.75) is 0 Å². The average molecular weight is 309 g/mol. The molecule has 7 heteroatoms. The molecule has 114 valence electrons. The Hall–Kier alpha value is -2.28. The molecule has 1 aromatic rings. The normalized spacial score (nSPS) is 10.0. The highest BCUT2D eigenvalue weighted by molar-refractivity contribution is 7.80. The van der Waals surface area contributed by atoms with E-state index in [-0.39, 0.29) is 0 Å². The number of ether oxygens (including phenoxy) is 3. The van der Waals surface area contributed by atoms with Gasteiger partial charge in [0.1, 0.15) is 0 Å². The fourth-order valence-electron chi connectivity index (χ4n) is 1.55. The van der Waals surface area contributed by atoms with E-state index in [1.165, 1.54) is 0 Å². The molecule has 0 saturated carbocycles. The van der Waals surface area contributed by atoms with Gasteiger partial charge in [-0.05, 0) is 24.4 Å². The molecule has 0 unspecified atom stereocenters. The van der Waals surface area contributed by atoms with Crippen molar-refractivity contribution in [3.63, 3.8) is 0 Å². The maximum atomic E-state index is 5.26. The minimum atomic E-state index is 0.415. The second kappa shape index (κ2) is 8.80. The summed E-state index contributed by atoms with van der Waals surface area (Å²) < 4.78 is 15.8. The van der Waals surface area contributed by atoms with Gasteiger partial charge in [0.05, 0.1) is 27.5 Å². The Bertz CT molecular complexity index is 507. The molecule has 0 aliphatic carbocycles. The molecule has 1 rings (SSSR count). The van der Waals surface area contributed by atoms with Gasteiger partial charge in [-0.2, -0.15) is 5.10 Å². The second-order valence-corrected chi connectivity index (χ2v) is 4.24. The third-order valence-electron chi connectivity index (χ3n) is 2.47. The van der Waals surface area contributed by atoms with Crippen LogP contribution in [-0.2, 0) is 0 Å². The van der Waals surface area contributed by atoms with E-state index in [0.29, 0.717) is 28.9 Å². The Kier molecular flexibility index (Phi) is 7.03. The number of thiocarbonyl (C=S) groups is 1. The van der Waals surface area contributed by atoms with Crippen LogP contribution in [0, 0.1) is 0 Å². The van der Waals surface area contributed by atoms with Crippen LogP contribution in [0.5, 0.6) is 17.2 Å². The summed E-state index contributed by atoms with van der Waals surface area (Å²) in [7, 11) is 4.68. The van der Waals surface area contributed by atoms with Crippen LogP contribution in [0.1, 0.15) is 5.56 Å². The number of hydrazone groups is 1. The Morgan fingerprint density at radius 2 is 1.86 bits per heavy atom. The first-order valence-electron chi connectivity index (χ1n) is 6.14. The Balaban J connectivity index is 2.83. The first-order valence-corrected chi connectivity index (χ1v) is 6.54. The lowest BCUT2D eigenvalue weighted by Crippen LogP contribution is -2.31. The van der Waals surface area contributed by atoms with Gasteiger partial charge < -0.3 is 19.5 Å². The molecule has 0 aliphatic rings. The predicted octanol–water partition coefficient (Wildman–Crippen LogP) is 1.70. The Labute approximate surface area is 129 Å². The van der Waals surface area contributed by atoms with Gasteiger partial charge in [0.2, 0.25) is 5.75 Å². The number of benzene rings is 1. The van der Waals surface area contributed by atoms with Gasteiger partial charge in [-0.3, -0.25) is 5.43 Å². The Morgan fingerprint density at radius 3 is 2.33 bits per heavy atom. The van der Waals surface area contributed by atoms with E-state index in [4.69, 9.17) is 26.4 Å². The van der Waals surface area contributed by atoms with E-state index in [0.717, 1.165) is 5.56 Å². The van der Waals surface area contributed by atoms with Crippen LogP contribution >= 0.6 is 12.2 Å². The van der Waals surface area contributed by atoms with Crippen molar-refractivity contribution in [2.24, 2.45) is 5.10 Å². The van der Waals surface area contributed by atoms with Crippen LogP contribution in [-0.4, -0.2) is 39.2 Å². The quantitative estimate of drug-likeness (QED) is 0.346. The van der Waals surface area contributed by atoms with Crippen LogP contribution < -0.4 is 25.0 Å². The minimum Gasteiger partial charge on any atom is -0.493 e. The maximum Gasteiger partial charge on any atom is 0.203 e. The van der Waals surface area contributed by atoms with Crippen LogP contribution in [0.15, 0.2) is 29.9 Å². The molecule has 0 spiro atoms. The van der Waals surface area contributed by atoms with Crippen molar-refractivity contribution in [1.82, 2.24) is 10.7 Å². The molecule has 1 aromatic carbocycles. The molecule has 0 radical (unpaired) electrons. The summed E-state index contributed by atoms with van der Waals surface area (Å²) in [6.07, 6.45) is 3.31. The lowest BCUT2D eigenvalue weighted by Gasteiger charge is -2.12. The number of hydrogen-bond acceptors (Lipinski definition) is 5. The van der Waals surface area contributed by atoms with E-state index >= 15 is 0 Å². The molecule has 2 N–H and O–H groups in total. The first kappa shape index (κ1) is 16.8. The van der Waals surface area contributed by atoms with E-state index in [9.17, 15) is 0 Å². The van der Waals surface area contributed by atoms with Gasteiger partial charge >= 0.3 is 0 Å². The molecule has 0 aromatic heterocycles. The lowest BCUT2D eigenvalue weighted by molar-refractivity contribution is 0.324. The zero-order valence-electron chi connectivity index (χ0n) is 12.3. The summed E-state index contributed by atoms with van der Waals surface area (Å²) in [6.45, 7) is 4.16. The summed E-state index contributed by atoms with van der Waals surface area (Å²) in [5.41, 5.74) is 3.48. The zero-order chi connectivity index (χ0) is 15.7. The largest absolute Gasteiger partial charge is 0.493 e. The molecule has 0 aliphatic heterocycles. The average Bonchev–Trinajstić information content (AvgIpc) is 2.51. The van der Waals surface area contributed by atoms with Gasteiger partial charge in [-0.15, -0.1) is 6.58 Å².